The summed E-state index contributed by atoms with van der Waals surface area (Å²) in [6.07, 6.45) is -3.43. The quantitative estimate of drug-likeness (QED) is 0.125. The second-order valence-electron chi connectivity index (χ2n) is 9.08. The lowest BCUT2D eigenvalue weighted by atomic mass is 9.97. The van der Waals surface area contributed by atoms with Crippen LogP contribution in [0.15, 0.2) is 24.9 Å². The zero-order chi connectivity index (χ0) is 28.8. The molecular weight excluding hydrogens is 528 g/mol. The summed E-state index contributed by atoms with van der Waals surface area (Å²) in [5.41, 5.74) is -2.10. The Morgan fingerprint density at radius 1 is 1.29 bits per heavy atom. The lowest BCUT2D eigenvalue weighted by molar-refractivity contribution is -0.153. The number of rotatable bonds is 13. The molecule has 3 N–H and O–H groups in total. The number of carbonyl (C=O) groups is 4. The van der Waals surface area contributed by atoms with E-state index in [2.05, 4.69) is 16.8 Å². The van der Waals surface area contributed by atoms with Crippen LogP contribution >= 0.6 is 7.67 Å². The van der Waals surface area contributed by atoms with Gasteiger partial charge in [-0.1, -0.05) is 6.08 Å². The number of ether oxygens (including phenoxy) is 3. The molecule has 0 aromatic rings. The molecule has 2 aliphatic rings. The molecule has 2 aliphatic heterocycles. The van der Waals surface area contributed by atoms with E-state index in [1.54, 1.807) is 20.8 Å². The van der Waals surface area contributed by atoms with Crippen LogP contribution in [-0.2, 0) is 42.5 Å². The molecule has 7 atom stereocenters. The Bertz CT molecular complexity index is 1010. The topological polar surface area (TPSA) is 170 Å². The number of amides is 1. The molecule has 0 aliphatic carbocycles. The predicted octanol–water partition coefficient (Wildman–Crippen LogP) is 0.877. The Balaban J connectivity index is 2.29. The van der Waals surface area contributed by atoms with Gasteiger partial charge in [0.25, 0.3) is 0 Å². The molecule has 13 nitrogen and oxygen atoms in total. The lowest BCUT2D eigenvalue weighted by Crippen LogP contribution is -2.46. The Kier molecular flexibility index (Phi) is 10.9. The van der Waals surface area contributed by atoms with Gasteiger partial charge in [-0.05, 0) is 40.7 Å². The molecule has 15 heteroatoms. The van der Waals surface area contributed by atoms with Crippen LogP contribution in [0, 0.1) is 0 Å². The summed E-state index contributed by atoms with van der Waals surface area (Å²) < 4.78 is 50.4. The maximum atomic E-state index is 15.4. The highest BCUT2D eigenvalue weighted by Gasteiger charge is 2.57. The maximum absolute atomic E-state index is 15.4. The number of esters is 2. The number of aliphatic hydroxyl groups is 1. The van der Waals surface area contributed by atoms with Crippen molar-refractivity contribution in [3.63, 3.8) is 0 Å². The first-order valence-electron chi connectivity index (χ1n) is 12.0. The predicted molar refractivity (Wildman–Crippen MR) is 131 cm³/mol. The number of aliphatic hydroxyl groups excluding tert-OH is 1. The van der Waals surface area contributed by atoms with Crippen molar-refractivity contribution in [1.29, 1.82) is 0 Å². The molecule has 0 aromatic heterocycles. The van der Waals surface area contributed by atoms with Crippen molar-refractivity contribution >= 4 is 31.3 Å². The van der Waals surface area contributed by atoms with Gasteiger partial charge < -0.3 is 23.8 Å². The molecule has 1 fully saturated rings. The minimum Gasteiger partial charge on any atom is -0.465 e. The van der Waals surface area contributed by atoms with E-state index >= 15 is 4.39 Å². The van der Waals surface area contributed by atoms with Gasteiger partial charge in [-0.25, -0.2) is 14.6 Å². The molecule has 0 radical (unpaired) electrons. The van der Waals surface area contributed by atoms with Crippen LogP contribution in [0.4, 0.5) is 4.39 Å². The zero-order valence-corrected chi connectivity index (χ0v) is 22.8. The highest BCUT2D eigenvalue weighted by Crippen LogP contribution is 2.44. The smallest absolute Gasteiger partial charge is 0.342 e. The molecule has 0 spiro atoms. The molecule has 2 rings (SSSR count). The van der Waals surface area contributed by atoms with Crippen molar-refractivity contribution in [3.05, 3.63) is 24.9 Å². The van der Waals surface area contributed by atoms with Gasteiger partial charge in [0.2, 0.25) is 5.91 Å². The van der Waals surface area contributed by atoms with Gasteiger partial charge in [0.05, 0.1) is 25.7 Å². The SMILES string of the molecule is C=C[C@]1(COP(=O)(N[C@@H](C)C(=O)OCC)N[C@@H](C)C(=O)OC(C)C)O[C@@H](N2C=CC(=O)CC2=O)[C@H](O)[C@@H]1F. The summed E-state index contributed by atoms with van der Waals surface area (Å²) in [7, 11) is -4.35. The number of carbonyl (C=O) groups excluding carboxylic acids is 4. The maximum Gasteiger partial charge on any atom is 0.342 e. The number of nitrogens with zero attached hydrogens (tertiary/aromatic N) is 1. The molecule has 1 unspecified atom stereocenters. The summed E-state index contributed by atoms with van der Waals surface area (Å²) >= 11 is 0. The third-order valence-corrected chi connectivity index (χ3v) is 7.54. The number of halogens is 1. The van der Waals surface area contributed by atoms with E-state index in [9.17, 15) is 28.8 Å². The van der Waals surface area contributed by atoms with Crippen LogP contribution in [0.2, 0.25) is 0 Å². The average molecular weight is 564 g/mol. The van der Waals surface area contributed by atoms with E-state index < -0.39 is 86.6 Å². The minimum atomic E-state index is -4.35. The van der Waals surface area contributed by atoms with Crippen LogP contribution in [-0.4, -0.2) is 89.1 Å². The number of nitrogens with one attached hydrogen (secondary N) is 2. The highest BCUT2D eigenvalue weighted by molar-refractivity contribution is 7.54. The third kappa shape index (κ3) is 7.55. The van der Waals surface area contributed by atoms with E-state index in [4.69, 9.17) is 18.7 Å². The molecule has 214 valence electrons. The molecule has 1 amide bonds. The Hall–Kier alpha value is -2.48. The number of hydrogen-bond donors (Lipinski definition) is 3. The van der Waals surface area contributed by atoms with Crippen molar-refractivity contribution in [2.24, 2.45) is 0 Å². The highest BCUT2D eigenvalue weighted by atomic mass is 31.2. The van der Waals surface area contributed by atoms with E-state index in [-0.39, 0.29) is 6.61 Å². The fourth-order valence-electron chi connectivity index (χ4n) is 3.64. The van der Waals surface area contributed by atoms with Crippen molar-refractivity contribution < 1.29 is 52.0 Å². The summed E-state index contributed by atoms with van der Waals surface area (Å²) in [4.78, 5) is 49.1. The van der Waals surface area contributed by atoms with Crippen LogP contribution in [0.25, 0.3) is 0 Å². The van der Waals surface area contributed by atoms with Crippen molar-refractivity contribution in [2.75, 3.05) is 13.2 Å². The second-order valence-corrected chi connectivity index (χ2v) is 11.0. The average Bonchev–Trinajstić information content (AvgIpc) is 3.08. The summed E-state index contributed by atoms with van der Waals surface area (Å²) in [6, 6.07) is -2.37. The minimum absolute atomic E-state index is 0.0477. The molecular formula is C23H35FN3O10P. The van der Waals surface area contributed by atoms with Gasteiger partial charge in [0.1, 0.15) is 23.8 Å². The van der Waals surface area contributed by atoms with E-state index in [0.717, 1.165) is 23.3 Å². The number of allylic oxidation sites excluding steroid dienone is 1. The van der Waals surface area contributed by atoms with Gasteiger partial charge in [-0.2, -0.15) is 0 Å². The Morgan fingerprint density at radius 2 is 1.89 bits per heavy atom. The third-order valence-electron chi connectivity index (χ3n) is 5.60. The molecule has 1 saturated heterocycles. The summed E-state index contributed by atoms with van der Waals surface area (Å²) in [6.45, 7) is 10.3. The first-order valence-corrected chi connectivity index (χ1v) is 13.6. The van der Waals surface area contributed by atoms with Crippen LogP contribution in [0.5, 0.6) is 0 Å². The van der Waals surface area contributed by atoms with Gasteiger partial charge >= 0.3 is 19.6 Å². The van der Waals surface area contributed by atoms with E-state index in [0.29, 0.717) is 0 Å². The summed E-state index contributed by atoms with van der Waals surface area (Å²) in [5.74, 6) is -2.72. The van der Waals surface area contributed by atoms with Gasteiger partial charge in [-0.15, -0.1) is 6.58 Å². The van der Waals surface area contributed by atoms with Crippen molar-refractivity contribution in [2.45, 2.75) is 83.3 Å². The fourth-order valence-corrected chi connectivity index (χ4v) is 5.48. The first-order chi connectivity index (χ1) is 17.7. The Morgan fingerprint density at radius 3 is 2.42 bits per heavy atom. The molecule has 0 saturated carbocycles. The standard InChI is InChI=1S/C23H35FN3O10P/c1-7-23(19(24)18(30)20(37-23)27-10-9-16(28)11-17(27)29)12-35-38(33,25-14(5)21(31)34-8-2)26-15(6)22(32)36-13(3)4/h7,9-10,13-15,18-20,30H,1,8,11-12H2,2-6H3,(H2,25,26,33)/t14-,15-,18+,19-,20+,23+,38?/m0/s1. The second kappa shape index (κ2) is 13.0. The fraction of sp³-hybridized carbons (Fsp3) is 0.652. The van der Waals surface area contributed by atoms with E-state index in [1.165, 1.54) is 13.8 Å². The summed E-state index contributed by atoms with van der Waals surface area (Å²) in [5, 5.41) is 15.4. The molecule has 0 aromatic carbocycles. The monoisotopic (exact) mass is 563 g/mol. The van der Waals surface area contributed by atoms with Crippen molar-refractivity contribution in [3.8, 4) is 0 Å². The molecule has 2 heterocycles. The number of hydrogen-bond acceptors (Lipinski definition) is 10. The van der Waals surface area contributed by atoms with Crippen LogP contribution in [0.1, 0.15) is 41.0 Å². The zero-order valence-electron chi connectivity index (χ0n) is 21.9. The Labute approximate surface area is 220 Å². The van der Waals surface area contributed by atoms with Crippen LogP contribution < -0.4 is 10.2 Å². The van der Waals surface area contributed by atoms with Gasteiger partial charge in [0, 0.05) is 6.20 Å². The molecule has 38 heavy (non-hydrogen) atoms. The van der Waals surface area contributed by atoms with Gasteiger partial charge in [-0.3, -0.25) is 28.6 Å². The lowest BCUT2D eigenvalue weighted by Gasteiger charge is -2.32. The molecule has 0 bridgehead atoms. The first kappa shape index (κ1) is 31.7. The normalized spacial score (nSPS) is 28.6. The van der Waals surface area contributed by atoms with Gasteiger partial charge in [0.15, 0.2) is 18.2 Å². The largest absolute Gasteiger partial charge is 0.465 e. The van der Waals surface area contributed by atoms with Crippen molar-refractivity contribution in [1.82, 2.24) is 15.1 Å². The van der Waals surface area contributed by atoms with E-state index in [1.807, 2.05) is 0 Å². The number of ketones is 1. The number of alkyl halides is 1. The van der Waals surface area contributed by atoms with Crippen LogP contribution in [0.3, 0.4) is 0 Å².